The number of nitrogens with zero attached hydrogens (tertiary/aromatic N) is 1. The Morgan fingerprint density at radius 1 is 1.35 bits per heavy atom. The Morgan fingerprint density at radius 2 is 2.15 bits per heavy atom. The number of aryl methyl sites for hydroxylation is 1. The van der Waals surface area contributed by atoms with Crippen molar-refractivity contribution in [3.63, 3.8) is 0 Å². The summed E-state index contributed by atoms with van der Waals surface area (Å²) in [6.45, 7) is 3.19. The molecule has 1 unspecified atom stereocenters. The zero-order chi connectivity index (χ0) is 13.9. The Hall–Kier alpha value is -0.900. The van der Waals surface area contributed by atoms with E-state index >= 15 is 0 Å². The van der Waals surface area contributed by atoms with Gasteiger partial charge in [0, 0.05) is 22.4 Å². The van der Waals surface area contributed by atoms with Crippen molar-refractivity contribution in [2.45, 2.75) is 38.6 Å². The smallest absolute Gasteiger partial charge is 0.0975 e. The van der Waals surface area contributed by atoms with E-state index < -0.39 is 0 Å². The van der Waals surface area contributed by atoms with E-state index in [0.717, 1.165) is 24.4 Å². The fraction of sp³-hybridized carbons (Fsp3) is 0.438. The number of benzene rings is 1. The second kappa shape index (κ2) is 6.25. The second-order valence-corrected chi connectivity index (χ2v) is 6.78. The van der Waals surface area contributed by atoms with Crippen molar-refractivity contribution in [1.82, 2.24) is 10.3 Å². The van der Waals surface area contributed by atoms with Gasteiger partial charge in [0.25, 0.3) is 0 Å². The predicted octanol–water partition coefficient (Wildman–Crippen LogP) is 4.37. The molecule has 1 atom stereocenters. The van der Waals surface area contributed by atoms with Crippen LogP contribution in [0.3, 0.4) is 0 Å². The summed E-state index contributed by atoms with van der Waals surface area (Å²) in [4.78, 5) is 6.31. The van der Waals surface area contributed by atoms with E-state index in [2.05, 4.69) is 24.4 Å². The van der Waals surface area contributed by atoms with Crippen LogP contribution in [0.5, 0.6) is 0 Å². The molecule has 0 saturated heterocycles. The Balaban J connectivity index is 1.80. The van der Waals surface area contributed by atoms with E-state index in [9.17, 15) is 0 Å². The van der Waals surface area contributed by atoms with Crippen molar-refractivity contribution >= 4 is 22.9 Å². The van der Waals surface area contributed by atoms with Crippen molar-refractivity contribution in [3.05, 3.63) is 50.4 Å². The van der Waals surface area contributed by atoms with Crippen LogP contribution in [0.25, 0.3) is 0 Å². The van der Waals surface area contributed by atoms with Gasteiger partial charge in [0.05, 0.1) is 10.7 Å². The third-order valence-electron chi connectivity index (χ3n) is 3.71. The van der Waals surface area contributed by atoms with Crippen LogP contribution in [-0.4, -0.2) is 11.5 Å². The number of aromatic nitrogens is 1. The quantitative estimate of drug-likeness (QED) is 0.907. The zero-order valence-electron chi connectivity index (χ0n) is 11.7. The van der Waals surface area contributed by atoms with Crippen molar-refractivity contribution in [2.75, 3.05) is 6.54 Å². The molecule has 1 N–H and O–H groups in total. The summed E-state index contributed by atoms with van der Waals surface area (Å²) in [7, 11) is 0. The minimum atomic E-state index is 0.514. The van der Waals surface area contributed by atoms with Gasteiger partial charge in [-0.25, -0.2) is 4.98 Å². The molecule has 20 heavy (non-hydrogen) atoms. The molecule has 1 aliphatic rings. The largest absolute Gasteiger partial charge is 0.309 e. The molecule has 0 amide bonds. The first-order valence-corrected chi connectivity index (χ1v) is 8.42. The minimum Gasteiger partial charge on any atom is -0.309 e. The number of rotatable bonds is 4. The van der Waals surface area contributed by atoms with Crippen LogP contribution < -0.4 is 5.32 Å². The average Bonchev–Trinajstić information content (AvgIpc) is 2.85. The van der Waals surface area contributed by atoms with Gasteiger partial charge in [-0.1, -0.05) is 30.7 Å². The maximum Gasteiger partial charge on any atom is 0.0975 e. The Labute approximate surface area is 129 Å². The molecule has 1 heterocycles. The fourth-order valence-corrected chi connectivity index (χ4v) is 4.15. The van der Waals surface area contributed by atoms with Crippen LogP contribution in [-0.2, 0) is 12.8 Å². The Morgan fingerprint density at radius 3 is 2.90 bits per heavy atom. The number of hydrogen-bond acceptors (Lipinski definition) is 3. The molecule has 0 fully saturated rings. The van der Waals surface area contributed by atoms with Gasteiger partial charge in [0.1, 0.15) is 0 Å². The topological polar surface area (TPSA) is 24.9 Å². The second-order valence-electron chi connectivity index (χ2n) is 5.22. The van der Waals surface area contributed by atoms with E-state index in [1.165, 1.54) is 34.0 Å². The summed E-state index contributed by atoms with van der Waals surface area (Å²) in [5, 5.41) is 5.59. The minimum absolute atomic E-state index is 0.514. The van der Waals surface area contributed by atoms with Crippen LogP contribution >= 0.6 is 22.9 Å². The fourth-order valence-electron chi connectivity index (χ4n) is 2.76. The number of nitrogens with one attached hydrogen (secondary N) is 1. The Kier molecular flexibility index (Phi) is 4.39. The molecule has 4 heteroatoms. The molecular weight excluding hydrogens is 288 g/mol. The molecule has 0 saturated carbocycles. The van der Waals surface area contributed by atoms with Gasteiger partial charge in [0.2, 0.25) is 0 Å². The molecule has 0 radical (unpaired) electrons. The molecule has 0 aliphatic heterocycles. The summed E-state index contributed by atoms with van der Waals surface area (Å²) in [6.07, 6.45) is 4.53. The lowest BCUT2D eigenvalue weighted by atomic mass is 9.98. The average molecular weight is 307 g/mol. The van der Waals surface area contributed by atoms with Gasteiger partial charge < -0.3 is 5.32 Å². The van der Waals surface area contributed by atoms with Crippen LogP contribution in [0.4, 0.5) is 0 Å². The monoisotopic (exact) mass is 306 g/mol. The highest BCUT2D eigenvalue weighted by Gasteiger charge is 2.23. The van der Waals surface area contributed by atoms with Crippen molar-refractivity contribution in [2.24, 2.45) is 0 Å². The number of halogens is 1. The van der Waals surface area contributed by atoms with Crippen molar-refractivity contribution in [3.8, 4) is 0 Å². The van der Waals surface area contributed by atoms with E-state index in [4.69, 9.17) is 16.6 Å². The molecule has 2 nitrogen and oxygen atoms in total. The third kappa shape index (κ3) is 3.05. The van der Waals surface area contributed by atoms with Gasteiger partial charge in [-0.3, -0.25) is 0 Å². The molecule has 2 aromatic rings. The van der Waals surface area contributed by atoms with Gasteiger partial charge in [-0.15, -0.1) is 11.3 Å². The summed E-state index contributed by atoms with van der Waals surface area (Å²) < 4.78 is 0. The van der Waals surface area contributed by atoms with Gasteiger partial charge in [-0.2, -0.15) is 0 Å². The third-order valence-corrected chi connectivity index (χ3v) is 5.18. The SMILES string of the molecule is CCNC1CCCc2nc(Cc3ccc(Cl)cc3)sc21. The Bertz CT molecular complexity index is 577. The van der Waals surface area contributed by atoms with Crippen molar-refractivity contribution < 1.29 is 0 Å². The van der Waals surface area contributed by atoms with Gasteiger partial charge in [0.15, 0.2) is 0 Å². The molecule has 106 valence electrons. The first-order valence-electron chi connectivity index (χ1n) is 7.22. The maximum atomic E-state index is 5.93. The van der Waals surface area contributed by atoms with Gasteiger partial charge >= 0.3 is 0 Å². The molecule has 1 aromatic heterocycles. The number of thiazole rings is 1. The molecule has 1 aromatic carbocycles. The lowest BCUT2D eigenvalue weighted by molar-refractivity contribution is 0.476. The van der Waals surface area contributed by atoms with E-state index in [1.54, 1.807) is 0 Å². The highest BCUT2D eigenvalue weighted by Crippen LogP contribution is 2.34. The maximum absolute atomic E-state index is 5.93. The summed E-state index contributed by atoms with van der Waals surface area (Å²) in [5.74, 6) is 0. The number of hydrogen-bond donors (Lipinski definition) is 1. The van der Waals surface area contributed by atoms with E-state index in [0.29, 0.717) is 6.04 Å². The lowest BCUT2D eigenvalue weighted by Crippen LogP contribution is -2.23. The molecule has 0 bridgehead atoms. The molecular formula is C16H19ClN2S. The van der Waals surface area contributed by atoms with Crippen LogP contribution in [0.2, 0.25) is 5.02 Å². The van der Waals surface area contributed by atoms with Crippen LogP contribution in [0.15, 0.2) is 24.3 Å². The summed E-state index contributed by atoms with van der Waals surface area (Å²) >= 11 is 7.81. The van der Waals surface area contributed by atoms with E-state index in [1.807, 2.05) is 23.5 Å². The van der Waals surface area contributed by atoms with E-state index in [-0.39, 0.29) is 0 Å². The molecule has 1 aliphatic carbocycles. The first kappa shape index (κ1) is 14.1. The highest BCUT2D eigenvalue weighted by atomic mass is 35.5. The first-order chi connectivity index (χ1) is 9.76. The normalized spacial score (nSPS) is 18.0. The van der Waals surface area contributed by atoms with Crippen LogP contribution in [0.1, 0.15) is 46.9 Å². The van der Waals surface area contributed by atoms with Crippen LogP contribution in [0, 0.1) is 0 Å². The molecule has 3 rings (SSSR count). The molecule has 0 spiro atoms. The van der Waals surface area contributed by atoms with Gasteiger partial charge in [-0.05, 0) is 43.5 Å². The highest BCUT2D eigenvalue weighted by molar-refractivity contribution is 7.11. The predicted molar refractivity (Wildman–Crippen MR) is 85.7 cm³/mol. The van der Waals surface area contributed by atoms with Crippen molar-refractivity contribution in [1.29, 1.82) is 0 Å². The summed E-state index contributed by atoms with van der Waals surface area (Å²) in [5.41, 5.74) is 2.59. The standard InChI is InChI=1S/C16H19ClN2S/c1-2-18-13-4-3-5-14-16(13)20-15(19-14)10-11-6-8-12(17)9-7-11/h6-9,13,18H,2-5,10H2,1H3. The lowest BCUT2D eigenvalue weighted by Gasteiger charge is -2.21. The zero-order valence-corrected chi connectivity index (χ0v) is 13.2. The number of fused-ring (bicyclic) bond motifs is 1. The summed E-state index contributed by atoms with van der Waals surface area (Å²) in [6, 6.07) is 8.59.